The van der Waals surface area contributed by atoms with Gasteiger partial charge in [0.05, 0.1) is 29.5 Å². The third-order valence-corrected chi connectivity index (χ3v) is 4.39. The van der Waals surface area contributed by atoms with E-state index in [2.05, 4.69) is 15.0 Å². The molecule has 0 aromatic carbocycles. The van der Waals surface area contributed by atoms with Crippen molar-refractivity contribution >= 4 is 22.2 Å². The van der Waals surface area contributed by atoms with Gasteiger partial charge in [-0.1, -0.05) is 16.5 Å². The van der Waals surface area contributed by atoms with E-state index in [9.17, 15) is 0 Å². The molecule has 0 saturated carbocycles. The van der Waals surface area contributed by atoms with E-state index in [-0.39, 0.29) is 0 Å². The van der Waals surface area contributed by atoms with Crippen LogP contribution in [-0.4, -0.2) is 42.2 Å². The van der Waals surface area contributed by atoms with Gasteiger partial charge in [0.2, 0.25) is 0 Å². The molecule has 2 heterocycles. The summed E-state index contributed by atoms with van der Waals surface area (Å²) >= 11 is 1.64. The van der Waals surface area contributed by atoms with Crippen molar-refractivity contribution in [2.24, 2.45) is 5.16 Å². The minimum Gasteiger partial charge on any atom is -0.411 e. The number of thiazole rings is 1. The maximum Gasteiger partial charge on any atom is 0.186 e. The number of ether oxygens (including phenoxy) is 1. The lowest BCUT2D eigenvalue weighted by Gasteiger charge is -2.26. The van der Waals surface area contributed by atoms with Crippen LogP contribution in [0.3, 0.4) is 0 Å². The highest BCUT2D eigenvalue weighted by molar-refractivity contribution is 7.17. The molecule has 3 rings (SSSR count). The fraction of sp³-hybridized carbons (Fsp3) is 0.636. The number of fused-ring (bicyclic) bond motifs is 1. The molecule has 5 nitrogen and oxygen atoms in total. The smallest absolute Gasteiger partial charge is 0.186 e. The zero-order chi connectivity index (χ0) is 11.7. The topological polar surface area (TPSA) is 58.0 Å². The van der Waals surface area contributed by atoms with Crippen molar-refractivity contribution in [2.75, 3.05) is 31.2 Å². The predicted octanol–water partition coefficient (Wildman–Crippen LogP) is 1.49. The Bertz CT molecular complexity index is 438. The van der Waals surface area contributed by atoms with Crippen LogP contribution in [0.15, 0.2) is 5.16 Å². The molecule has 0 bridgehead atoms. The van der Waals surface area contributed by atoms with Crippen molar-refractivity contribution in [1.82, 2.24) is 4.98 Å². The molecule has 1 saturated heterocycles. The van der Waals surface area contributed by atoms with Crippen molar-refractivity contribution in [3.63, 3.8) is 0 Å². The molecule has 0 radical (unpaired) electrons. The van der Waals surface area contributed by atoms with Crippen LogP contribution in [0.4, 0.5) is 5.13 Å². The van der Waals surface area contributed by atoms with Gasteiger partial charge in [-0.3, -0.25) is 0 Å². The van der Waals surface area contributed by atoms with Crippen LogP contribution in [0.2, 0.25) is 0 Å². The van der Waals surface area contributed by atoms with E-state index in [1.54, 1.807) is 11.3 Å². The summed E-state index contributed by atoms with van der Waals surface area (Å²) in [5.74, 6) is 0. The van der Waals surface area contributed by atoms with Crippen LogP contribution < -0.4 is 4.90 Å². The molecule has 1 N–H and O–H groups in total. The number of aryl methyl sites for hydroxylation is 1. The second-order valence-corrected chi connectivity index (χ2v) is 5.25. The molecule has 17 heavy (non-hydrogen) atoms. The summed E-state index contributed by atoms with van der Waals surface area (Å²) in [4.78, 5) is 7.99. The number of rotatable bonds is 1. The highest BCUT2D eigenvalue weighted by atomic mass is 32.1. The van der Waals surface area contributed by atoms with Crippen molar-refractivity contribution in [3.05, 3.63) is 10.6 Å². The summed E-state index contributed by atoms with van der Waals surface area (Å²) in [6.07, 6.45) is 2.88. The third-order valence-electron chi connectivity index (χ3n) is 3.18. The van der Waals surface area contributed by atoms with E-state index in [0.29, 0.717) is 0 Å². The van der Waals surface area contributed by atoms with Gasteiger partial charge >= 0.3 is 0 Å². The van der Waals surface area contributed by atoms with Crippen molar-refractivity contribution < 1.29 is 9.94 Å². The van der Waals surface area contributed by atoms with Gasteiger partial charge in [-0.15, -0.1) is 0 Å². The average molecular weight is 253 g/mol. The van der Waals surface area contributed by atoms with Crippen molar-refractivity contribution in [3.8, 4) is 0 Å². The minimum atomic E-state index is 0.769. The van der Waals surface area contributed by atoms with E-state index < -0.39 is 0 Å². The first-order valence-electron chi connectivity index (χ1n) is 5.92. The number of hydrogen-bond acceptors (Lipinski definition) is 6. The second-order valence-electron chi connectivity index (χ2n) is 4.27. The first kappa shape index (κ1) is 11.0. The molecule has 1 aromatic rings. The summed E-state index contributed by atoms with van der Waals surface area (Å²) in [5, 5.41) is 13.4. The second kappa shape index (κ2) is 4.62. The van der Waals surface area contributed by atoms with Gasteiger partial charge in [0.1, 0.15) is 0 Å². The molecule has 92 valence electrons. The number of morpholine rings is 1. The monoisotopic (exact) mass is 253 g/mol. The SMILES string of the molecule is O/N=C1/CCCc2nc(N3CCOCC3)sc21. The van der Waals surface area contributed by atoms with Gasteiger partial charge < -0.3 is 14.8 Å². The summed E-state index contributed by atoms with van der Waals surface area (Å²) in [6.45, 7) is 3.34. The van der Waals surface area contributed by atoms with Gasteiger partial charge in [0.15, 0.2) is 5.13 Å². The van der Waals surface area contributed by atoms with E-state index in [4.69, 9.17) is 9.94 Å². The zero-order valence-electron chi connectivity index (χ0n) is 9.56. The standard InChI is InChI=1S/C11H15N3O2S/c15-13-9-3-1-2-8-10(9)17-11(12-8)14-4-6-16-7-5-14/h15H,1-7H2/b13-9-. The quantitative estimate of drug-likeness (QED) is 0.608. The van der Waals surface area contributed by atoms with Crippen LogP contribution >= 0.6 is 11.3 Å². The number of aromatic nitrogens is 1. The number of hydrogen-bond donors (Lipinski definition) is 1. The Morgan fingerprint density at radius 3 is 2.88 bits per heavy atom. The molecule has 0 atom stereocenters. The fourth-order valence-corrected chi connectivity index (χ4v) is 3.43. The lowest BCUT2D eigenvalue weighted by Crippen LogP contribution is -2.36. The number of anilines is 1. The largest absolute Gasteiger partial charge is 0.411 e. The van der Waals surface area contributed by atoms with Crippen LogP contribution in [0.1, 0.15) is 23.4 Å². The molecule has 2 aliphatic rings. The molecule has 0 amide bonds. The Labute approximate surface area is 104 Å². The lowest BCUT2D eigenvalue weighted by atomic mass is 10.0. The first-order chi connectivity index (χ1) is 8.38. The molecule has 1 aliphatic carbocycles. The maximum absolute atomic E-state index is 8.99. The van der Waals surface area contributed by atoms with E-state index in [1.165, 1.54) is 0 Å². The van der Waals surface area contributed by atoms with Gasteiger partial charge in [-0.05, 0) is 19.3 Å². The summed E-state index contributed by atoms with van der Waals surface area (Å²) in [6, 6.07) is 0. The lowest BCUT2D eigenvalue weighted by molar-refractivity contribution is 0.122. The number of nitrogens with zero attached hydrogens (tertiary/aromatic N) is 3. The van der Waals surface area contributed by atoms with E-state index >= 15 is 0 Å². The molecule has 1 aromatic heterocycles. The fourth-order valence-electron chi connectivity index (χ4n) is 2.26. The molecular weight excluding hydrogens is 238 g/mol. The molecule has 1 fully saturated rings. The highest BCUT2D eigenvalue weighted by Gasteiger charge is 2.24. The molecular formula is C11H15N3O2S. The van der Waals surface area contributed by atoms with Gasteiger partial charge in [0.25, 0.3) is 0 Å². The Hall–Kier alpha value is -1.14. The molecule has 0 spiro atoms. The predicted molar refractivity (Wildman–Crippen MR) is 66.4 cm³/mol. The van der Waals surface area contributed by atoms with Crippen LogP contribution in [0.5, 0.6) is 0 Å². The van der Waals surface area contributed by atoms with Crippen molar-refractivity contribution in [2.45, 2.75) is 19.3 Å². The minimum absolute atomic E-state index is 0.769. The van der Waals surface area contributed by atoms with E-state index in [0.717, 1.165) is 67.0 Å². The summed E-state index contributed by atoms with van der Waals surface area (Å²) < 4.78 is 5.34. The molecule has 1 aliphatic heterocycles. The highest BCUT2D eigenvalue weighted by Crippen LogP contribution is 2.32. The van der Waals surface area contributed by atoms with Crippen LogP contribution in [0.25, 0.3) is 0 Å². The Balaban J connectivity index is 1.90. The summed E-state index contributed by atoms with van der Waals surface area (Å²) in [7, 11) is 0. The van der Waals surface area contributed by atoms with E-state index in [1.807, 2.05) is 0 Å². The van der Waals surface area contributed by atoms with Gasteiger partial charge in [-0.2, -0.15) is 0 Å². The maximum atomic E-state index is 8.99. The Morgan fingerprint density at radius 2 is 2.12 bits per heavy atom. The van der Waals surface area contributed by atoms with Crippen LogP contribution in [-0.2, 0) is 11.2 Å². The first-order valence-corrected chi connectivity index (χ1v) is 6.74. The molecule has 0 unspecified atom stereocenters. The number of oxime groups is 1. The zero-order valence-corrected chi connectivity index (χ0v) is 10.4. The van der Waals surface area contributed by atoms with Crippen LogP contribution in [0, 0.1) is 0 Å². The Morgan fingerprint density at radius 1 is 1.29 bits per heavy atom. The van der Waals surface area contributed by atoms with Gasteiger partial charge in [0, 0.05) is 13.1 Å². The normalized spacial score (nSPS) is 22.8. The van der Waals surface area contributed by atoms with Gasteiger partial charge in [-0.25, -0.2) is 4.98 Å². The third kappa shape index (κ3) is 2.02. The Kier molecular flexibility index (Phi) is 2.98. The summed E-state index contributed by atoms with van der Waals surface area (Å²) in [5.41, 5.74) is 1.89. The molecule has 6 heteroatoms. The average Bonchev–Trinajstić information content (AvgIpc) is 2.83. The van der Waals surface area contributed by atoms with Crippen molar-refractivity contribution in [1.29, 1.82) is 0 Å².